The van der Waals surface area contributed by atoms with Gasteiger partial charge in [-0.1, -0.05) is 0 Å². The second-order valence-corrected chi connectivity index (χ2v) is 7.01. The van der Waals surface area contributed by atoms with E-state index >= 15 is 0 Å². The van der Waals surface area contributed by atoms with E-state index in [1.165, 1.54) is 12.8 Å². The summed E-state index contributed by atoms with van der Waals surface area (Å²) >= 11 is 0. The molecule has 2 saturated heterocycles. The van der Waals surface area contributed by atoms with Crippen molar-refractivity contribution in [1.82, 2.24) is 15.1 Å². The number of piperidine rings is 1. The summed E-state index contributed by atoms with van der Waals surface area (Å²) in [5, 5.41) is 8.41. The molecule has 4 heterocycles. The molecule has 0 bridgehead atoms. The van der Waals surface area contributed by atoms with E-state index in [0.29, 0.717) is 17.7 Å². The number of hydrogen-bond acceptors (Lipinski definition) is 6. The van der Waals surface area contributed by atoms with Gasteiger partial charge in [0.05, 0.1) is 18.9 Å². The number of nitrogens with zero attached hydrogens (tertiary/aromatic N) is 3. The summed E-state index contributed by atoms with van der Waals surface area (Å²) in [6, 6.07) is 3.97. The van der Waals surface area contributed by atoms with Crippen molar-refractivity contribution in [2.24, 2.45) is 5.92 Å². The molecule has 0 N–H and O–H groups in total. The zero-order valence-electron chi connectivity index (χ0n) is 13.1. The van der Waals surface area contributed by atoms with Gasteiger partial charge >= 0.3 is 0 Å². The van der Waals surface area contributed by atoms with Crippen LogP contribution in [-0.4, -0.2) is 34.3 Å². The van der Waals surface area contributed by atoms with Crippen molar-refractivity contribution in [3.8, 4) is 0 Å². The van der Waals surface area contributed by atoms with Gasteiger partial charge in [0.1, 0.15) is 11.9 Å². The van der Waals surface area contributed by atoms with Crippen LogP contribution >= 0.6 is 0 Å². The number of rotatable bonds is 4. The first kappa shape index (κ1) is 13.7. The Bertz CT molecular complexity index is 664. The number of fused-ring (bicyclic) bond motifs is 1. The van der Waals surface area contributed by atoms with Gasteiger partial charge in [-0.05, 0) is 50.3 Å². The molecule has 3 fully saturated rings. The second kappa shape index (κ2) is 5.46. The van der Waals surface area contributed by atoms with Gasteiger partial charge in [0.25, 0.3) is 0 Å². The lowest BCUT2D eigenvalue weighted by atomic mass is 9.92. The summed E-state index contributed by atoms with van der Waals surface area (Å²) in [6.07, 6.45) is 6.50. The lowest BCUT2D eigenvalue weighted by Crippen LogP contribution is -2.41. The lowest BCUT2D eigenvalue weighted by molar-refractivity contribution is -0.0189. The molecule has 0 amide bonds. The topological polar surface area (TPSA) is 64.5 Å². The molecule has 23 heavy (non-hydrogen) atoms. The molecule has 2 aliphatic heterocycles. The first-order valence-corrected chi connectivity index (χ1v) is 8.58. The number of likely N-dealkylation sites (tertiary alicyclic amines) is 1. The summed E-state index contributed by atoms with van der Waals surface area (Å²) in [5.41, 5.74) is 0. The van der Waals surface area contributed by atoms with Crippen LogP contribution in [0.3, 0.4) is 0 Å². The molecule has 0 unspecified atom stereocenters. The molecule has 0 spiro atoms. The first-order valence-electron chi connectivity index (χ1n) is 8.58. The maximum atomic E-state index is 6.25. The van der Waals surface area contributed by atoms with Crippen LogP contribution in [0.5, 0.6) is 0 Å². The molecule has 1 saturated carbocycles. The maximum absolute atomic E-state index is 6.25. The summed E-state index contributed by atoms with van der Waals surface area (Å²) in [7, 11) is 0. The third-order valence-electron chi connectivity index (χ3n) is 5.25. The largest absolute Gasteiger partial charge is 0.468 e. The summed E-state index contributed by atoms with van der Waals surface area (Å²) in [6.45, 7) is 2.90. The van der Waals surface area contributed by atoms with E-state index in [4.69, 9.17) is 13.6 Å². The van der Waals surface area contributed by atoms with Gasteiger partial charge in [-0.2, -0.15) is 0 Å². The zero-order valence-corrected chi connectivity index (χ0v) is 13.1. The van der Waals surface area contributed by atoms with Crippen LogP contribution in [0, 0.1) is 5.92 Å². The standard InChI is InChI=1S/C17H21N3O3/c1-2-13(21-7-1)9-20-6-5-12-8-14(22-15(12)10-20)17-19-18-16(23-17)11-3-4-11/h1-2,7,11-12,14-15H,3-6,8-10H2/t12-,14-,15+/m0/s1. The highest BCUT2D eigenvalue weighted by Gasteiger charge is 2.42. The fourth-order valence-corrected chi connectivity index (χ4v) is 3.79. The van der Waals surface area contributed by atoms with Crippen molar-refractivity contribution < 1.29 is 13.6 Å². The molecule has 2 aromatic rings. The van der Waals surface area contributed by atoms with Crippen molar-refractivity contribution in [2.45, 2.75) is 50.4 Å². The Labute approximate surface area is 134 Å². The van der Waals surface area contributed by atoms with E-state index in [1.807, 2.05) is 12.1 Å². The highest BCUT2D eigenvalue weighted by atomic mass is 16.5. The van der Waals surface area contributed by atoms with Crippen LogP contribution in [-0.2, 0) is 11.3 Å². The number of aromatic nitrogens is 2. The number of hydrogen-bond donors (Lipinski definition) is 0. The Hall–Kier alpha value is -1.66. The Morgan fingerprint density at radius 3 is 2.91 bits per heavy atom. The SMILES string of the molecule is c1coc(CN2CC[C@H]3C[C@@H](c4nnc(C5CC5)o4)O[C@@H]3C2)c1. The quantitative estimate of drug-likeness (QED) is 0.864. The van der Waals surface area contributed by atoms with Gasteiger partial charge in [-0.15, -0.1) is 10.2 Å². The average molecular weight is 315 g/mol. The highest BCUT2D eigenvalue weighted by Crippen LogP contribution is 2.43. The average Bonchev–Trinajstić information content (AvgIpc) is 2.99. The van der Waals surface area contributed by atoms with Crippen molar-refractivity contribution in [3.63, 3.8) is 0 Å². The Morgan fingerprint density at radius 1 is 1.17 bits per heavy atom. The first-order chi connectivity index (χ1) is 11.3. The van der Waals surface area contributed by atoms with Crippen molar-refractivity contribution in [2.75, 3.05) is 13.1 Å². The molecule has 0 radical (unpaired) electrons. The summed E-state index contributed by atoms with van der Waals surface area (Å²) in [4.78, 5) is 2.41. The van der Waals surface area contributed by atoms with E-state index in [2.05, 4.69) is 15.1 Å². The Kier molecular flexibility index (Phi) is 3.26. The molecule has 5 rings (SSSR count). The minimum atomic E-state index is -0.0198. The molecule has 0 aromatic carbocycles. The van der Waals surface area contributed by atoms with Gasteiger partial charge in [-0.3, -0.25) is 4.90 Å². The Morgan fingerprint density at radius 2 is 2.09 bits per heavy atom. The molecule has 3 aliphatic rings. The monoisotopic (exact) mass is 315 g/mol. The lowest BCUT2D eigenvalue weighted by Gasteiger charge is -2.33. The summed E-state index contributed by atoms with van der Waals surface area (Å²) < 4.78 is 17.5. The van der Waals surface area contributed by atoms with E-state index in [1.54, 1.807) is 6.26 Å². The zero-order chi connectivity index (χ0) is 15.2. The molecule has 6 nitrogen and oxygen atoms in total. The van der Waals surface area contributed by atoms with Crippen LogP contribution in [0.4, 0.5) is 0 Å². The molecule has 1 aliphatic carbocycles. The summed E-state index contributed by atoms with van der Waals surface area (Å²) in [5.74, 6) is 3.61. The second-order valence-electron chi connectivity index (χ2n) is 7.01. The van der Waals surface area contributed by atoms with Gasteiger partial charge < -0.3 is 13.6 Å². The molecule has 2 aromatic heterocycles. The predicted octanol–water partition coefficient (Wildman–Crippen LogP) is 2.89. The number of ether oxygens (including phenoxy) is 1. The fraction of sp³-hybridized carbons (Fsp3) is 0.647. The Balaban J connectivity index is 1.23. The van der Waals surface area contributed by atoms with E-state index in [0.717, 1.165) is 44.1 Å². The van der Waals surface area contributed by atoms with Crippen LogP contribution in [0.15, 0.2) is 27.2 Å². The van der Waals surface area contributed by atoms with Gasteiger partial charge in [-0.25, -0.2) is 0 Å². The van der Waals surface area contributed by atoms with Gasteiger partial charge in [0.2, 0.25) is 11.8 Å². The molecule has 6 heteroatoms. The number of furan rings is 1. The van der Waals surface area contributed by atoms with E-state index in [9.17, 15) is 0 Å². The van der Waals surface area contributed by atoms with E-state index < -0.39 is 0 Å². The minimum absolute atomic E-state index is 0.0198. The molecule has 3 atom stereocenters. The van der Waals surface area contributed by atoms with E-state index in [-0.39, 0.29) is 12.2 Å². The van der Waals surface area contributed by atoms with Gasteiger partial charge in [0, 0.05) is 12.5 Å². The van der Waals surface area contributed by atoms with Crippen molar-refractivity contribution in [1.29, 1.82) is 0 Å². The van der Waals surface area contributed by atoms with Crippen LogP contribution in [0.2, 0.25) is 0 Å². The van der Waals surface area contributed by atoms with Crippen LogP contribution in [0.1, 0.15) is 55.2 Å². The van der Waals surface area contributed by atoms with Crippen LogP contribution < -0.4 is 0 Å². The maximum Gasteiger partial charge on any atom is 0.245 e. The molecule has 122 valence electrons. The van der Waals surface area contributed by atoms with Gasteiger partial charge in [0.15, 0.2) is 0 Å². The fourth-order valence-electron chi connectivity index (χ4n) is 3.79. The molecular formula is C17H21N3O3. The highest BCUT2D eigenvalue weighted by molar-refractivity contribution is 5.03. The van der Waals surface area contributed by atoms with Crippen molar-refractivity contribution in [3.05, 3.63) is 35.9 Å². The molecular weight excluding hydrogens is 294 g/mol. The third-order valence-corrected chi connectivity index (χ3v) is 5.25. The van der Waals surface area contributed by atoms with Crippen LogP contribution in [0.25, 0.3) is 0 Å². The van der Waals surface area contributed by atoms with Crippen molar-refractivity contribution >= 4 is 0 Å². The third kappa shape index (κ3) is 2.70. The predicted molar refractivity (Wildman–Crippen MR) is 80.6 cm³/mol. The smallest absolute Gasteiger partial charge is 0.245 e. The minimum Gasteiger partial charge on any atom is -0.468 e. The normalized spacial score (nSPS) is 31.4.